The van der Waals surface area contributed by atoms with E-state index in [-0.39, 0.29) is 12.5 Å². The summed E-state index contributed by atoms with van der Waals surface area (Å²) >= 11 is 1.67. The Kier molecular flexibility index (Phi) is 8.02. The summed E-state index contributed by atoms with van der Waals surface area (Å²) in [5, 5.41) is 6.46. The molecule has 1 aromatic rings. The molecule has 0 saturated heterocycles. The molecule has 0 saturated carbocycles. The van der Waals surface area contributed by atoms with Gasteiger partial charge in [0.2, 0.25) is 5.91 Å². The van der Waals surface area contributed by atoms with Crippen molar-refractivity contribution in [3.8, 4) is 0 Å². The third-order valence-electron chi connectivity index (χ3n) is 3.31. The number of amides is 1. The first kappa shape index (κ1) is 19.4. The average Bonchev–Trinajstić information content (AvgIpc) is 3.00. The Morgan fingerprint density at radius 2 is 2.04 bits per heavy atom. The minimum Gasteiger partial charge on any atom is -0.356 e. The summed E-state index contributed by atoms with van der Waals surface area (Å²) in [6, 6.07) is 0. The van der Waals surface area contributed by atoms with Crippen LogP contribution in [-0.4, -0.2) is 67.4 Å². The van der Waals surface area contributed by atoms with Crippen LogP contribution < -0.4 is 5.32 Å². The van der Waals surface area contributed by atoms with Gasteiger partial charge in [0, 0.05) is 51.7 Å². The molecule has 1 aromatic heterocycles. The lowest BCUT2D eigenvalue weighted by Crippen LogP contribution is -2.42. The van der Waals surface area contributed by atoms with Crippen LogP contribution >= 0.6 is 11.3 Å². The number of carbonyl (C=O) groups is 1. The summed E-state index contributed by atoms with van der Waals surface area (Å²) in [7, 11) is 5.48. The highest BCUT2D eigenvalue weighted by Crippen LogP contribution is 2.18. The molecular formula is C16H29N5OS. The summed E-state index contributed by atoms with van der Waals surface area (Å²) in [4.78, 5) is 24.3. The second-order valence-electron chi connectivity index (χ2n) is 6.35. The maximum Gasteiger partial charge on any atom is 0.243 e. The number of nitrogens with one attached hydrogen (secondary N) is 1. The van der Waals surface area contributed by atoms with Gasteiger partial charge in [-0.05, 0) is 5.92 Å². The van der Waals surface area contributed by atoms with Gasteiger partial charge in [0.15, 0.2) is 5.96 Å². The molecule has 1 rings (SSSR count). The number of aromatic nitrogens is 1. The van der Waals surface area contributed by atoms with Crippen molar-refractivity contribution in [1.82, 2.24) is 20.1 Å². The normalized spacial score (nSPS) is 13.1. The fraction of sp³-hybridized carbons (Fsp3) is 0.688. The largest absolute Gasteiger partial charge is 0.356 e. The van der Waals surface area contributed by atoms with E-state index in [0.29, 0.717) is 11.8 Å². The number of carbonyl (C=O) groups excluding carboxylic acids is 1. The van der Waals surface area contributed by atoms with Crippen LogP contribution in [0.2, 0.25) is 0 Å². The van der Waals surface area contributed by atoms with Crippen LogP contribution in [0, 0.1) is 5.92 Å². The van der Waals surface area contributed by atoms with Crippen LogP contribution in [0.3, 0.4) is 0 Å². The molecule has 0 aliphatic heterocycles. The highest BCUT2D eigenvalue weighted by molar-refractivity contribution is 7.09. The molecular weight excluding hydrogens is 310 g/mol. The molecule has 0 aliphatic rings. The Morgan fingerprint density at radius 3 is 2.57 bits per heavy atom. The van der Waals surface area contributed by atoms with Gasteiger partial charge in [-0.1, -0.05) is 20.8 Å². The molecule has 0 bridgehead atoms. The highest BCUT2D eigenvalue weighted by Gasteiger charge is 2.15. The molecule has 0 radical (unpaired) electrons. The molecule has 23 heavy (non-hydrogen) atoms. The van der Waals surface area contributed by atoms with Gasteiger partial charge < -0.3 is 15.1 Å². The van der Waals surface area contributed by atoms with Crippen molar-refractivity contribution < 1.29 is 4.79 Å². The Labute approximate surface area is 143 Å². The van der Waals surface area contributed by atoms with Gasteiger partial charge in [-0.15, -0.1) is 11.3 Å². The predicted octanol–water partition coefficient (Wildman–Crippen LogP) is 1.87. The second-order valence-corrected chi connectivity index (χ2v) is 7.28. The standard InChI is InChI=1S/C16H29N5OS/c1-12(2)9-18-16(19-10-14(22)20(4)5)21(6)11-13(3)15-17-7-8-23-15/h7-8,12-13H,9-11H2,1-6H3,(H,18,19). The van der Waals surface area contributed by atoms with Crippen molar-refractivity contribution in [2.75, 3.05) is 40.8 Å². The zero-order chi connectivity index (χ0) is 17.4. The second kappa shape index (κ2) is 9.50. The quantitative estimate of drug-likeness (QED) is 0.608. The lowest BCUT2D eigenvalue weighted by molar-refractivity contribution is -0.127. The summed E-state index contributed by atoms with van der Waals surface area (Å²) in [6.07, 6.45) is 1.83. The van der Waals surface area contributed by atoms with Crippen molar-refractivity contribution in [2.24, 2.45) is 10.9 Å². The van der Waals surface area contributed by atoms with Gasteiger partial charge in [0.25, 0.3) is 0 Å². The first-order valence-electron chi connectivity index (χ1n) is 7.90. The molecule has 0 fully saturated rings. The zero-order valence-electron chi connectivity index (χ0n) is 15.0. The molecule has 0 aromatic carbocycles. The monoisotopic (exact) mass is 339 g/mol. The van der Waals surface area contributed by atoms with Crippen LogP contribution in [0.4, 0.5) is 0 Å². The molecule has 1 atom stereocenters. The van der Waals surface area contributed by atoms with E-state index in [1.54, 1.807) is 30.3 Å². The lowest BCUT2D eigenvalue weighted by atomic mass is 10.2. The van der Waals surface area contributed by atoms with E-state index in [1.807, 2.05) is 18.6 Å². The minimum atomic E-state index is -0.00443. The number of likely N-dealkylation sites (N-methyl/N-ethyl adjacent to an activating group) is 2. The van der Waals surface area contributed by atoms with E-state index in [4.69, 9.17) is 0 Å². The van der Waals surface area contributed by atoms with Gasteiger partial charge in [-0.3, -0.25) is 4.79 Å². The molecule has 0 spiro atoms. The Bertz CT molecular complexity index is 499. The van der Waals surface area contributed by atoms with E-state index >= 15 is 0 Å². The van der Waals surface area contributed by atoms with E-state index < -0.39 is 0 Å². The summed E-state index contributed by atoms with van der Waals surface area (Å²) in [5.74, 6) is 1.58. The summed E-state index contributed by atoms with van der Waals surface area (Å²) < 4.78 is 0. The highest BCUT2D eigenvalue weighted by atomic mass is 32.1. The SMILES string of the molecule is CC(C)CNC(=NCC(=O)N(C)C)N(C)CC(C)c1nccs1. The maximum absolute atomic E-state index is 11.8. The molecule has 0 aliphatic carbocycles. The molecule has 1 N–H and O–H groups in total. The lowest BCUT2D eigenvalue weighted by Gasteiger charge is -2.25. The number of aliphatic imine (C=N–C) groups is 1. The topological polar surface area (TPSA) is 60.8 Å². The molecule has 7 heteroatoms. The van der Waals surface area contributed by atoms with E-state index in [0.717, 1.165) is 24.1 Å². The Balaban J connectivity index is 2.72. The average molecular weight is 340 g/mol. The van der Waals surface area contributed by atoms with Crippen molar-refractivity contribution >= 4 is 23.2 Å². The van der Waals surface area contributed by atoms with Gasteiger partial charge >= 0.3 is 0 Å². The molecule has 1 heterocycles. The number of guanidine groups is 1. The van der Waals surface area contributed by atoms with Crippen LogP contribution in [0.1, 0.15) is 31.7 Å². The Hall–Kier alpha value is -1.63. The van der Waals surface area contributed by atoms with Crippen molar-refractivity contribution in [3.63, 3.8) is 0 Å². The smallest absolute Gasteiger partial charge is 0.243 e. The number of thiazole rings is 1. The number of hydrogen-bond acceptors (Lipinski definition) is 4. The van der Waals surface area contributed by atoms with Gasteiger partial charge in [0.05, 0.1) is 5.01 Å². The number of hydrogen-bond donors (Lipinski definition) is 1. The molecule has 6 nitrogen and oxygen atoms in total. The molecule has 1 amide bonds. The third-order valence-corrected chi connectivity index (χ3v) is 4.32. The first-order chi connectivity index (χ1) is 10.8. The minimum absolute atomic E-state index is 0.00443. The van der Waals surface area contributed by atoms with Crippen molar-refractivity contribution in [3.05, 3.63) is 16.6 Å². The van der Waals surface area contributed by atoms with Gasteiger partial charge in [0.1, 0.15) is 6.54 Å². The predicted molar refractivity (Wildman–Crippen MR) is 97.0 cm³/mol. The van der Waals surface area contributed by atoms with Crippen LogP contribution in [-0.2, 0) is 4.79 Å². The van der Waals surface area contributed by atoms with E-state index in [1.165, 1.54) is 0 Å². The van der Waals surface area contributed by atoms with Crippen molar-refractivity contribution in [1.29, 1.82) is 0 Å². The fourth-order valence-corrected chi connectivity index (χ4v) is 2.63. The summed E-state index contributed by atoms with van der Waals surface area (Å²) in [5.41, 5.74) is 0. The number of rotatable bonds is 7. The Morgan fingerprint density at radius 1 is 1.35 bits per heavy atom. The molecule has 130 valence electrons. The molecule has 1 unspecified atom stereocenters. The number of nitrogens with zero attached hydrogens (tertiary/aromatic N) is 4. The maximum atomic E-state index is 11.8. The van der Waals surface area contributed by atoms with Crippen LogP contribution in [0.5, 0.6) is 0 Å². The third kappa shape index (κ3) is 6.99. The van der Waals surface area contributed by atoms with Gasteiger partial charge in [-0.2, -0.15) is 0 Å². The van der Waals surface area contributed by atoms with Crippen molar-refractivity contribution in [2.45, 2.75) is 26.7 Å². The van der Waals surface area contributed by atoms with Crippen LogP contribution in [0.25, 0.3) is 0 Å². The first-order valence-corrected chi connectivity index (χ1v) is 8.78. The summed E-state index contributed by atoms with van der Waals surface area (Å²) in [6.45, 7) is 8.23. The van der Waals surface area contributed by atoms with Crippen LogP contribution in [0.15, 0.2) is 16.6 Å². The zero-order valence-corrected chi connectivity index (χ0v) is 15.9. The van der Waals surface area contributed by atoms with E-state index in [2.05, 4.69) is 41.0 Å². The van der Waals surface area contributed by atoms with E-state index in [9.17, 15) is 4.79 Å². The fourth-order valence-electron chi connectivity index (χ4n) is 1.94. The van der Waals surface area contributed by atoms with Gasteiger partial charge in [-0.25, -0.2) is 9.98 Å².